The lowest BCUT2D eigenvalue weighted by Gasteiger charge is -2.02. The van der Waals surface area contributed by atoms with E-state index in [0.717, 1.165) is 0 Å². The molecule has 6 nitrogen and oxygen atoms in total. The number of esters is 2. The van der Waals surface area contributed by atoms with Gasteiger partial charge in [-0.2, -0.15) is 0 Å². The molecule has 0 fully saturated rings. The van der Waals surface area contributed by atoms with Gasteiger partial charge in [-0.1, -0.05) is 6.92 Å². The van der Waals surface area contributed by atoms with Crippen molar-refractivity contribution < 1.29 is 14.3 Å². The van der Waals surface area contributed by atoms with Gasteiger partial charge in [-0.3, -0.25) is 10.2 Å². The number of rotatable bonds is 3. The van der Waals surface area contributed by atoms with Crippen LogP contribution in [0.25, 0.3) is 0 Å². The molecule has 0 aromatic rings. The highest BCUT2D eigenvalue weighted by Crippen LogP contribution is 1.84. The Kier molecular flexibility index (Phi) is 4.43. The monoisotopic (exact) mass is 173 g/mol. The zero-order chi connectivity index (χ0) is 9.56. The second-order valence-corrected chi connectivity index (χ2v) is 1.97. The van der Waals surface area contributed by atoms with Gasteiger partial charge in [0.05, 0.1) is 0 Å². The predicted octanol–water partition coefficient (Wildman–Crippen LogP) is -1.05. The van der Waals surface area contributed by atoms with E-state index >= 15 is 0 Å². The van der Waals surface area contributed by atoms with Crippen molar-refractivity contribution in [3.05, 3.63) is 0 Å². The fourth-order valence-corrected chi connectivity index (χ4v) is 0.403. The quantitative estimate of drug-likeness (QED) is 0.218. The Bertz CT molecular complexity index is 202. The van der Waals surface area contributed by atoms with Crippen molar-refractivity contribution in [3.63, 3.8) is 0 Å². The molecule has 0 atom stereocenters. The Morgan fingerprint density at radius 1 is 1.50 bits per heavy atom. The molecule has 0 saturated carbocycles. The summed E-state index contributed by atoms with van der Waals surface area (Å²) < 4.78 is 4.26. The van der Waals surface area contributed by atoms with E-state index in [1.807, 2.05) is 0 Å². The molecule has 0 aliphatic heterocycles. The number of carbonyl (C=O) groups excluding carboxylic acids is 2. The van der Waals surface area contributed by atoms with Crippen LogP contribution in [0.3, 0.4) is 0 Å². The Morgan fingerprint density at radius 2 is 2.08 bits per heavy atom. The van der Waals surface area contributed by atoms with E-state index in [0.29, 0.717) is 0 Å². The van der Waals surface area contributed by atoms with E-state index in [2.05, 4.69) is 10.1 Å². The summed E-state index contributed by atoms with van der Waals surface area (Å²) in [6.45, 7) is 1.31. The molecule has 0 spiro atoms. The van der Waals surface area contributed by atoms with Gasteiger partial charge in [0.2, 0.25) is 0 Å². The Morgan fingerprint density at radius 3 is 2.50 bits per heavy atom. The van der Waals surface area contributed by atoms with Crippen LogP contribution in [0.5, 0.6) is 0 Å². The maximum absolute atomic E-state index is 10.7. The minimum Gasteiger partial charge on any atom is -0.392 e. The van der Waals surface area contributed by atoms with E-state index in [4.69, 9.17) is 11.1 Å². The molecule has 0 aromatic heterocycles. The van der Waals surface area contributed by atoms with Gasteiger partial charge in [-0.25, -0.2) is 4.79 Å². The average molecular weight is 173 g/mol. The molecule has 0 radical (unpaired) electrons. The van der Waals surface area contributed by atoms with Crippen LogP contribution in [0.2, 0.25) is 0 Å². The van der Waals surface area contributed by atoms with Crippen molar-refractivity contribution in [2.75, 3.05) is 6.54 Å². The zero-order valence-corrected chi connectivity index (χ0v) is 6.72. The third kappa shape index (κ3) is 5.21. The molecular formula is C6H11N3O3. The third-order valence-electron chi connectivity index (χ3n) is 0.940. The first-order chi connectivity index (χ1) is 5.56. The van der Waals surface area contributed by atoms with Gasteiger partial charge < -0.3 is 15.8 Å². The maximum atomic E-state index is 10.7. The lowest BCUT2D eigenvalue weighted by molar-refractivity contribution is -0.158. The van der Waals surface area contributed by atoms with Gasteiger partial charge >= 0.3 is 11.9 Å². The molecule has 0 aromatic carbocycles. The first-order valence-corrected chi connectivity index (χ1v) is 3.37. The molecule has 0 rings (SSSR count). The zero-order valence-electron chi connectivity index (χ0n) is 6.72. The molecule has 4 N–H and O–H groups in total. The number of nitrogens with one attached hydrogen (secondary N) is 2. The van der Waals surface area contributed by atoms with Gasteiger partial charge in [-0.15, -0.1) is 0 Å². The number of carbonyl (C=O) groups is 2. The number of hydrogen-bond acceptors (Lipinski definition) is 4. The molecule has 0 aliphatic carbocycles. The van der Waals surface area contributed by atoms with Crippen molar-refractivity contribution >= 4 is 17.9 Å². The third-order valence-corrected chi connectivity index (χ3v) is 0.940. The first kappa shape index (κ1) is 10.4. The number of hydrogen-bond donors (Lipinski definition) is 3. The van der Waals surface area contributed by atoms with E-state index in [9.17, 15) is 9.59 Å². The molecule has 6 heteroatoms. The summed E-state index contributed by atoms with van der Waals surface area (Å²) in [5.41, 5.74) is 4.88. The molecule has 68 valence electrons. The highest BCUT2D eigenvalue weighted by molar-refractivity contribution is 5.88. The topological polar surface area (TPSA) is 105 Å². The number of ether oxygens (including phenoxy) is 1. The highest BCUT2D eigenvalue weighted by Gasteiger charge is 2.07. The van der Waals surface area contributed by atoms with E-state index < -0.39 is 11.9 Å². The fraction of sp³-hybridized carbons (Fsp3) is 0.500. The van der Waals surface area contributed by atoms with Crippen molar-refractivity contribution in [1.29, 1.82) is 5.41 Å². The van der Waals surface area contributed by atoms with Gasteiger partial charge in [-0.05, 0) is 0 Å². The molecule has 0 heterocycles. The molecule has 0 amide bonds. The van der Waals surface area contributed by atoms with Crippen LogP contribution < -0.4 is 11.1 Å². The lowest BCUT2D eigenvalue weighted by Crippen LogP contribution is -2.35. The van der Waals surface area contributed by atoms with Crippen LogP contribution in [-0.2, 0) is 14.3 Å². The first-order valence-electron chi connectivity index (χ1n) is 3.37. The van der Waals surface area contributed by atoms with Crippen molar-refractivity contribution in [2.45, 2.75) is 13.3 Å². The SMILES string of the molecule is CCC(=O)OC(=O)CNC(=N)N. The van der Waals surface area contributed by atoms with Gasteiger partial charge in [0.25, 0.3) is 0 Å². The summed E-state index contributed by atoms with van der Waals surface area (Å²) in [5, 5.41) is 8.90. The van der Waals surface area contributed by atoms with Crippen molar-refractivity contribution in [3.8, 4) is 0 Å². The summed E-state index contributed by atoms with van der Waals surface area (Å²) in [4.78, 5) is 21.2. The molecule has 0 unspecified atom stereocenters. The molecule has 0 saturated heterocycles. The predicted molar refractivity (Wildman–Crippen MR) is 41.3 cm³/mol. The lowest BCUT2D eigenvalue weighted by atomic mass is 10.5. The van der Waals surface area contributed by atoms with Crippen molar-refractivity contribution in [2.24, 2.45) is 5.73 Å². The highest BCUT2D eigenvalue weighted by atomic mass is 16.6. The largest absolute Gasteiger partial charge is 0.392 e. The normalized spacial score (nSPS) is 8.75. The van der Waals surface area contributed by atoms with E-state index in [-0.39, 0.29) is 18.9 Å². The summed E-state index contributed by atoms with van der Waals surface area (Å²) in [6, 6.07) is 0. The smallest absolute Gasteiger partial charge is 0.333 e. The molecule has 0 aliphatic rings. The maximum Gasteiger partial charge on any atom is 0.333 e. The van der Waals surface area contributed by atoms with Crippen LogP contribution in [0, 0.1) is 5.41 Å². The number of nitrogens with two attached hydrogens (primary N) is 1. The Labute approximate surface area is 69.6 Å². The fourth-order valence-electron chi connectivity index (χ4n) is 0.403. The molecular weight excluding hydrogens is 162 g/mol. The molecule has 12 heavy (non-hydrogen) atoms. The molecule has 0 bridgehead atoms. The number of guanidine groups is 1. The summed E-state index contributed by atoms with van der Waals surface area (Å²) in [6.07, 6.45) is 0.145. The van der Waals surface area contributed by atoms with Crippen LogP contribution in [0.4, 0.5) is 0 Å². The summed E-state index contributed by atoms with van der Waals surface area (Å²) >= 11 is 0. The van der Waals surface area contributed by atoms with Crippen molar-refractivity contribution in [1.82, 2.24) is 5.32 Å². The average Bonchev–Trinajstić information content (AvgIpc) is 2.00. The van der Waals surface area contributed by atoms with Crippen LogP contribution in [-0.4, -0.2) is 24.4 Å². The summed E-state index contributed by atoms with van der Waals surface area (Å²) in [5.74, 6) is -1.67. The Hall–Kier alpha value is -1.59. The van der Waals surface area contributed by atoms with E-state index in [1.54, 1.807) is 6.92 Å². The van der Waals surface area contributed by atoms with E-state index in [1.165, 1.54) is 0 Å². The standard InChI is InChI=1S/C6H11N3O3/c1-2-4(10)12-5(11)3-9-6(7)8/h2-3H2,1H3,(H4,7,8,9). The van der Waals surface area contributed by atoms with Crippen LogP contribution in [0.15, 0.2) is 0 Å². The Balaban J connectivity index is 3.60. The minimum absolute atomic E-state index is 0.145. The summed E-state index contributed by atoms with van der Waals surface area (Å²) in [7, 11) is 0. The van der Waals surface area contributed by atoms with Gasteiger partial charge in [0, 0.05) is 6.42 Å². The van der Waals surface area contributed by atoms with Gasteiger partial charge in [0.1, 0.15) is 6.54 Å². The van der Waals surface area contributed by atoms with Gasteiger partial charge in [0.15, 0.2) is 5.96 Å². The second kappa shape index (κ2) is 5.11. The minimum atomic E-state index is -0.739. The second-order valence-electron chi connectivity index (χ2n) is 1.97. The van der Waals surface area contributed by atoms with Crippen LogP contribution >= 0.6 is 0 Å². The van der Waals surface area contributed by atoms with Crippen LogP contribution in [0.1, 0.15) is 13.3 Å².